The van der Waals surface area contributed by atoms with Gasteiger partial charge in [0.2, 0.25) is 5.91 Å². The normalized spacial score (nSPS) is 25.6. The number of fused-ring (bicyclic) bond motifs is 3. The lowest BCUT2D eigenvalue weighted by atomic mass is 9.84. The fourth-order valence-electron chi connectivity index (χ4n) is 7.39. The number of ether oxygens (including phenoxy) is 1. The number of carbonyl (C=O) groups is 2. The first-order valence-corrected chi connectivity index (χ1v) is 14.6. The molecule has 9 heteroatoms. The average molecular weight is 538 g/mol. The summed E-state index contributed by atoms with van der Waals surface area (Å²) in [4.78, 5) is 34.4. The molecule has 1 aromatic carbocycles. The summed E-state index contributed by atoms with van der Waals surface area (Å²) in [6.45, 7) is 4.16. The quantitative estimate of drug-likeness (QED) is 0.555. The van der Waals surface area contributed by atoms with Crippen molar-refractivity contribution in [1.82, 2.24) is 24.7 Å². The minimum absolute atomic E-state index is 0.104. The van der Waals surface area contributed by atoms with Crippen LogP contribution in [-0.4, -0.2) is 63.6 Å². The van der Waals surface area contributed by atoms with E-state index in [1.807, 2.05) is 6.07 Å². The number of carbonyl (C=O) groups excluding carboxylic acids is 2. The van der Waals surface area contributed by atoms with Gasteiger partial charge in [0.15, 0.2) is 0 Å². The van der Waals surface area contributed by atoms with Gasteiger partial charge < -0.3 is 19.5 Å². The lowest BCUT2D eigenvalue weighted by Gasteiger charge is -2.41. The fourth-order valence-corrected chi connectivity index (χ4v) is 7.39. The van der Waals surface area contributed by atoms with Crippen LogP contribution in [0.25, 0.3) is 0 Å². The van der Waals surface area contributed by atoms with Crippen LogP contribution in [0.4, 0.5) is 9.18 Å². The Morgan fingerprint density at radius 1 is 1.15 bits per heavy atom. The van der Waals surface area contributed by atoms with Crippen molar-refractivity contribution in [2.75, 3.05) is 20.2 Å². The number of amides is 2. The van der Waals surface area contributed by atoms with E-state index in [0.29, 0.717) is 31.2 Å². The van der Waals surface area contributed by atoms with Gasteiger partial charge in [0.25, 0.3) is 0 Å². The molecule has 2 bridgehead atoms. The molecule has 2 saturated heterocycles. The second-order valence-electron chi connectivity index (χ2n) is 11.8. The largest absolute Gasteiger partial charge is 0.453 e. The molecule has 4 aliphatic rings. The van der Waals surface area contributed by atoms with Gasteiger partial charge in [-0.3, -0.25) is 9.69 Å². The van der Waals surface area contributed by atoms with Crippen molar-refractivity contribution in [3.05, 3.63) is 52.9 Å². The number of benzene rings is 1. The van der Waals surface area contributed by atoms with Gasteiger partial charge >= 0.3 is 6.09 Å². The van der Waals surface area contributed by atoms with E-state index in [4.69, 9.17) is 9.72 Å². The topological polar surface area (TPSA) is 79.7 Å². The van der Waals surface area contributed by atoms with Gasteiger partial charge in [-0.15, -0.1) is 0 Å². The molecule has 1 aromatic heterocycles. The molecule has 210 valence electrons. The lowest BCUT2D eigenvalue weighted by molar-refractivity contribution is -0.128. The molecule has 6 rings (SSSR count). The summed E-state index contributed by atoms with van der Waals surface area (Å²) in [5.41, 5.74) is 3.12. The van der Waals surface area contributed by atoms with Crippen LogP contribution in [0.5, 0.6) is 0 Å². The molecule has 3 fully saturated rings. The average Bonchev–Trinajstić information content (AvgIpc) is 3.34. The van der Waals surface area contributed by atoms with Crippen LogP contribution in [0.15, 0.2) is 24.3 Å². The van der Waals surface area contributed by atoms with E-state index in [1.165, 1.54) is 26.0 Å². The highest BCUT2D eigenvalue weighted by atomic mass is 19.1. The van der Waals surface area contributed by atoms with Gasteiger partial charge in [0.05, 0.1) is 31.1 Å². The number of aromatic nitrogens is 2. The minimum atomic E-state index is -0.279. The van der Waals surface area contributed by atoms with Gasteiger partial charge in [-0.2, -0.15) is 0 Å². The Kier molecular flexibility index (Phi) is 7.35. The highest BCUT2D eigenvalue weighted by molar-refractivity contribution is 5.79. The Morgan fingerprint density at radius 3 is 2.59 bits per heavy atom. The zero-order chi connectivity index (χ0) is 27.1. The number of halogens is 1. The van der Waals surface area contributed by atoms with Crippen LogP contribution in [-0.2, 0) is 22.5 Å². The predicted molar refractivity (Wildman–Crippen MR) is 145 cm³/mol. The second-order valence-corrected chi connectivity index (χ2v) is 11.8. The van der Waals surface area contributed by atoms with Gasteiger partial charge in [-0.1, -0.05) is 18.6 Å². The molecule has 1 N–H and O–H groups in total. The maximum absolute atomic E-state index is 14.1. The maximum atomic E-state index is 14.1. The molecule has 2 aromatic rings. The summed E-state index contributed by atoms with van der Waals surface area (Å²) in [7, 11) is 1.44. The van der Waals surface area contributed by atoms with Crippen LogP contribution in [0.1, 0.15) is 86.2 Å². The van der Waals surface area contributed by atoms with Crippen molar-refractivity contribution < 1.29 is 18.7 Å². The zero-order valence-corrected chi connectivity index (χ0v) is 23.1. The Morgan fingerprint density at radius 2 is 1.92 bits per heavy atom. The molecule has 2 amide bonds. The van der Waals surface area contributed by atoms with Crippen molar-refractivity contribution in [3.63, 3.8) is 0 Å². The number of nitrogens with zero attached hydrogens (tertiary/aromatic N) is 4. The summed E-state index contributed by atoms with van der Waals surface area (Å²) >= 11 is 0. The van der Waals surface area contributed by atoms with Gasteiger partial charge in [0.1, 0.15) is 11.6 Å². The number of aryl methyl sites for hydroxylation is 1. The second kappa shape index (κ2) is 10.9. The van der Waals surface area contributed by atoms with Crippen LogP contribution in [0, 0.1) is 18.7 Å². The zero-order valence-electron chi connectivity index (χ0n) is 23.1. The van der Waals surface area contributed by atoms with Gasteiger partial charge in [-0.25, -0.2) is 14.2 Å². The third kappa shape index (κ3) is 5.17. The number of rotatable bonds is 7. The van der Waals surface area contributed by atoms with Crippen LogP contribution in [0.3, 0.4) is 0 Å². The Hall–Kier alpha value is -2.94. The van der Waals surface area contributed by atoms with E-state index in [0.717, 1.165) is 74.3 Å². The van der Waals surface area contributed by atoms with E-state index in [-0.39, 0.29) is 29.8 Å². The van der Waals surface area contributed by atoms with Gasteiger partial charge in [-0.05, 0) is 69.6 Å². The first kappa shape index (κ1) is 26.3. The van der Waals surface area contributed by atoms with Crippen LogP contribution >= 0.6 is 0 Å². The third-order valence-corrected chi connectivity index (χ3v) is 9.61. The van der Waals surface area contributed by atoms with E-state index in [1.54, 1.807) is 17.0 Å². The highest BCUT2D eigenvalue weighted by Gasteiger charge is 2.43. The molecular formula is C30H40FN5O3. The SMILES string of the molecule is COC(=O)N1CCc2nc(C)n(C3CC4CCC(C3)N4CC[C@H](NC(=O)C3CCC3)c3cccc(F)c3)c2C1. The molecule has 0 spiro atoms. The number of methoxy groups -OCH3 is 1. The Balaban J connectivity index is 1.14. The molecular weight excluding hydrogens is 497 g/mol. The molecule has 3 atom stereocenters. The van der Waals surface area contributed by atoms with Crippen molar-refractivity contribution in [2.24, 2.45) is 5.92 Å². The monoisotopic (exact) mass is 537 g/mol. The number of hydrogen-bond acceptors (Lipinski definition) is 5. The fraction of sp³-hybridized carbons (Fsp3) is 0.633. The number of nitrogens with one attached hydrogen (secondary N) is 1. The molecule has 1 aliphatic carbocycles. The van der Waals surface area contributed by atoms with Gasteiger partial charge in [0, 0.05) is 43.6 Å². The summed E-state index contributed by atoms with van der Waals surface area (Å²) in [5, 5.41) is 3.26. The minimum Gasteiger partial charge on any atom is -0.453 e. The Labute approximate surface area is 229 Å². The number of piperidine rings is 1. The molecule has 4 heterocycles. The van der Waals surface area contributed by atoms with E-state index in [9.17, 15) is 14.0 Å². The smallest absolute Gasteiger partial charge is 0.409 e. The number of imidazole rings is 1. The highest BCUT2D eigenvalue weighted by Crippen LogP contribution is 2.43. The first-order valence-electron chi connectivity index (χ1n) is 14.6. The van der Waals surface area contributed by atoms with Crippen LogP contribution in [0.2, 0.25) is 0 Å². The maximum Gasteiger partial charge on any atom is 0.409 e. The molecule has 2 unspecified atom stereocenters. The summed E-state index contributed by atoms with van der Waals surface area (Å²) in [5.74, 6) is 0.988. The molecule has 1 saturated carbocycles. The predicted octanol–water partition coefficient (Wildman–Crippen LogP) is 4.67. The lowest BCUT2D eigenvalue weighted by Crippen LogP contribution is -2.46. The first-order chi connectivity index (χ1) is 18.9. The molecule has 8 nitrogen and oxygen atoms in total. The Bertz CT molecular complexity index is 1210. The molecule has 39 heavy (non-hydrogen) atoms. The van der Waals surface area contributed by atoms with Crippen molar-refractivity contribution in [2.45, 2.75) is 95.4 Å². The van der Waals surface area contributed by atoms with E-state index in [2.05, 4.69) is 21.7 Å². The summed E-state index contributed by atoms with van der Waals surface area (Å²) in [6.07, 6.45) is 8.72. The summed E-state index contributed by atoms with van der Waals surface area (Å²) < 4.78 is 21.5. The molecule has 0 radical (unpaired) electrons. The standard InChI is InChI=1S/C30H40FN5O3/c1-19-32-27-11-13-34(30(38)39-2)18-28(27)36(19)25-16-23-9-10-24(17-25)35(23)14-12-26(21-7-4-8-22(31)15-21)33-29(37)20-5-3-6-20/h4,7-8,15,20,23-26H,3,5-6,9-14,16-18H2,1-2H3,(H,33,37)/t23?,24?,25?,26-/m0/s1. The number of hydrogen-bond donors (Lipinski definition) is 1. The van der Waals surface area contributed by atoms with E-state index >= 15 is 0 Å². The van der Waals surface area contributed by atoms with Crippen LogP contribution < -0.4 is 5.32 Å². The van der Waals surface area contributed by atoms with Crippen molar-refractivity contribution in [1.29, 1.82) is 0 Å². The van der Waals surface area contributed by atoms with Crippen molar-refractivity contribution >= 4 is 12.0 Å². The molecule has 3 aliphatic heterocycles. The third-order valence-electron chi connectivity index (χ3n) is 9.61. The van der Waals surface area contributed by atoms with Crippen molar-refractivity contribution in [3.8, 4) is 0 Å². The summed E-state index contributed by atoms with van der Waals surface area (Å²) in [6, 6.07) is 7.82. The van der Waals surface area contributed by atoms with E-state index < -0.39 is 0 Å².